The smallest absolute Gasteiger partial charge is 0.262 e. The molecule has 0 saturated carbocycles. The summed E-state index contributed by atoms with van der Waals surface area (Å²) in [7, 11) is 0. The van der Waals surface area contributed by atoms with Gasteiger partial charge in [0.2, 0.25) is 0 Å². The predicted octanol–water partition coefficient (Wildman–Crippen LogP) is 5.26. The monoisotopic (exact) mass is 402 g/mol. The molecule has 1 N–H and O–H groups in total. The maximum atomic E-state index is 13.5. The number of nitrogens with one attached hydrogen (secondary N) is 1. The van der Waals surface area contributed by atoms with E-state index in [1.54, 1.807) is 6.07 Å². The van der Waals surface area contributed by atoms with Crippen LogP contribution >= 0.6 is 22.9 Å². The number of rotatable bonds is 5. The SMILES string of the molecule is O=C(NC[C@H](c1ccccc1)N1CCCC1)c1sc2cc(F)ccc2c1Cl. The fourth-order valence-electron chi connectivity index (χ4n) is 3.64. The molecule has 3 aromatic rings. The molecule has 0 radical (unpaired) electrons. The van der Waals surface area contributed by atoms with Crippen LogP contribution in [0.4, 0.5) is 4.39 Å². The molecule has 0 spiro atoms. The van der Waals surface area contributed by atoms with Crippen molar-refractivity contribution in [2.75, 3.05) is 19.6 Å². The zero-order valence-electron chi connectivity index (χ0n) is 14.8. The van der Waals surface area contributed by atoms with E-state index in [1.807, 2.05) is 18.2 Å². The average Bonchev–Trinajstić information content (AvgIpc) is 3.31. The minimum Gasteiger partial charge on any atom is -0.349 e. The lowest BCUT2D eigenvalue weighted by molar-refractivity contribution is 0.0942. The van der Waals surface area contributed by atoms with E-state index in [4.69, 9.17) is 11.6 Å². The van der Waals surface area contributed by atoms with Crippen molar-refractivity contribution in [3.8, 4) is 0 Å². The molecule has 3 nitrogen and oxygen atoms in total. The van der Waals surface area contributed by atoms with E-state index in [1.165, 1.54) is 41.9 Å². The van der Waals surface area contributed by atoms with Gasteiger partial charge in [0.05, 0.1) is 11.1 Å². The van der Waals surface area contributed by atoms with Crippen molar-refractivity contribution in [1.29, 1.82) is 0 Å². The molecule has 1 aliphatic heterocycles. The Labute approximate surface area is 166 Å². The number of thiophene rings is 1. The second-order valence-electron chi connectivity index (χ2n) is 6.77. The number of nitrogens with zero attached hydrogens (tertiary/aromatic N) is 1. The third-order valence-corrected chi connectivity index (χ3v) is 6.68. The summed E-state index contributed by atoms with van der Waals surface area (Å²) >= 11 is 7.61. The van der Waals surface area contributed by atoms with E-state index < -0.39 is 0 Å². The highest BCUT2D eigenvalue weighted by molar-refractivity contribution is 7.21. The molecule has 0 unspecified atom stereocenters. The van der Waals surface area contributed by atoms with Gasteiger partial charge in [0.1, 0.15) is 10.7 Å². The van der Waals surface area contributed by atoms with Gasteiger partial charge in [-0.05, 0) is 49.7 Å². The number of carbonyl (C=O) groups is 1. The molecule has 27 heavy (non-hydrogen) atoms. The number of fused-ring (bicyclic) bond motifs is 1. The van der Waals surface area contributed by atoms with Crippen LogP contribution in [0.1, 0.15) is 34.1 Å². The van der Waals surface area contributed by atoms with E-state index in [9.17, 15) is 9.18 Å². The van der Waals surface area contributed by atoms with Gasteiger partial charge in [-0.25, -0.2) is 4.39 Å². The summed E-state index contributed by atoms with van der Waals surface area (Å²) in [6, 6.07) is 14.8. The number of hydrogen-bond acceptors (Lipinski definition) is 3. The molecule has 2 heterocycles. The lowest BCUT2D eigenvalue weighted by Crippen LogP contribution is -2.36. The molecule has 1 fully saturated rings. The predicted molar refractivity (Wildman–Crippen MR) is 109 cm³/mol. The molecule has 0 bridgehead atoms. The Kier molecular flexibility index (Phi) is 5.43. The van der Waals surface area contributed by atoms with Gasteiger partial charge in [0, 0.05) is 16.6 Å². The first kappa shape index (κ1) is 18.4. The second kappa shape index (κ2) is 7.97. The highest BCUT2D eigenvalue weighted by Crippen LogP contribution is 2.35. The van der Waals surface area contributed by atoms with Crippen LogP contribution in [-0.4, -0.2) is 30.4 Å². The molecule has 1 aliphatic rings. The molecule has 6 heteroatoms. The molecule has 1 aromatic heterocycles. The highest BCUT2D eigenvalue weighted by Gasteiger charge is 2.25. The summed E-state index contributed by atoms with van der Waals surface area (Å²) in [5, 5.41) is 4.15. The Balaban J connectivity index is 1.54. The van der Waals surface area contributed by atoms with E-state index in [0.29, 0.717) is 26.5 Å². The van der Waals surface area contributed by atoms with Crippen LogP contribution < -0.4 is 5.32 Å². The number of benzene rings is 2. The molecule has 140 valence electrons. The van der Waals surface area contributed by atoms with Crippen molar-refractivity contribution in [3.05, 3.63) is 69.8 Å². The fraction of sp³-hybridized carbons (Fsp3) is 0.286. The van der Waals surface area contributed by atoms with Crippen LogP contribution in [-0.2, 0) is 0 Å². The average molecular weight is 403 g/mol. The van der Waals surface area contributed by atoms with Gasteiger partial charge in [-0.15, -0.1) is 11.3 Å². The van der Waals surface area contributed by atoms with Crippen LogP contribution in [0.15, 0.2) is 48.5 Å². The maximum absolute atomic E-state index is 13.5. The molecular weight excluding hydrogens is 383 g/mol. The zero-order valence-corrected chi connectivity index (χ0v) is 16.3. The fourth-order valence-corrected chi connectivity index (χ4v) is 5.10. The number of carbonyl (C=O) groups excluding carboxylic acids is 1. The van der Waals surface area contributed by atoms with Crippen molar-refractivity contribution < 1.29 is 9.18 Å². The van der Waals surface area contributed by atoms with Gasteiger partial charge in [-0.1, -0.05) is 41.9 Å². The van der Waals surface area contributed by atoms with Gasteiger partial charge >= 0.3 is 0 Å². The second-order valence-corrected chi connectivity index (χ2v) is 8.20. The Morgan fingerprint density at radius 2 is 1.93 bits per heavy atom. The summed E-state index contributed by atoms with van der Waals surface area (Å²) in [5.41, 5.74) is 1.20. The minimum absolute atomic E-state index is 0.142. The Hall–Kier alpha value is -1.95. The van der Waals surface area contributed by atoms with Crippen LogP contribution in [0.5, 0.6) is 0 Å². The van der Waals surface area contributed by atoms with Crippen LogP contribution in [0, 0.1) is 5.82 Å². The van der Waals surface area contributed by atoms with E-state index >= 15 is 0 Å². The van der Waals surface area contributed by atoms with Crippen LogP contribution in [0.25, 0.3) is 10.1 Å². The first-order valence-electron chi connectivity index (χ1n) is 9.08. The number of hydrogen-bond donors (Lipinski definition) is 1. The molecule has 4 rings (SSSR count). The van der Waals surface area contributed by atoms with Crippen molar-refractivity contribution in [2.45, 2.75) is 18.9 Å². The van der Waals surface area contributed by atoms with Crippen molar-refractivity contribution in [1.82, 2.24) is 10.2 Å². The first-order chi connectivity index (χ1) is 13.1. The number of halogens is 2. The van der Waals surface area contributed by atoms with Crippen molar-refractivity contribution in [3.63, 3.8) is 0 Å². The molecule has 1 amide bonds. The largest absolute Gasteiger partial charge is 0.349 e. The standard InChI is InChI=1S/C21H20ClFN2OS/c22-19-16-9-8-15(23)12-18(16)27-20(19)21(26)24-13-17(25-10-4-5-11-25)14-6-2-1-3-7-14/h1-3,6-9,12,17H,4-5,10-11,13H2,(H,24,26)/t17-/m1/s1. The van der Waals surface area contributed by atoms with E-state index in [2.05, 4.69) is 22.3 Å². The van der Waals surface area contributed by atoms with E-state index in [-0.39, 0.29) is 17.8 Å². The molecule has 1 atom stereocenters. The zero-order chi connectivity index (χ0) is 18.8. The number of amides is 1. The lowest BCUT2D eigenvalue weighted by atomic mass is 10.1. The quantitative estimate of drug-likeness (QED) is 0.631. The lowest BCUT2D eigenvalue weighted by Gasteiger charge is -2.28. The summed E-state index contributed by atoms with van der Waals surface area (Å²) in [6.45, 7) is 2.60. The molecular formula is C21H20ClFN2OS. The summed E-state index contributed by atoms with van der Waals surface area (Å²) < 4.78 is 14.1. The van der Waals surface area contributed by atoms with Gasteiger partial charge in [-0.3, -0.25) is 9.69 Å². The first-order valence-corrected chi connectivity index (χ1v) is 10.3. The van der Waals surface area contributed by atoms with Crippen molar-refractivity contribution in [2.24, 2.45) is 0 Å². The maximum Gasteiger partial charge on any atom is 0.262 e. The van der Waals surface area contributed by atoms with Gasteiger partial charge in [0.15, 0.2) is 0 Å². The summed E-state index contributed by atoms with van der Waals surface area (Å²) in [5.74, 6) is -0.535. The Morgan fingerprint density at radius 3 is 2.67 bits per heavy atom. The topological polar surface area (TPSA) is 32.3 Å². The molecule has 2 aromatic carbocycles. The third kappa shape index (κ3) is 3.86. The molecule has 1 saturated heterocycles. The van der Waals surface area contributed by atoms with Gasteiger partial charge in [0.25, 0.3) is 5.91 Å². The van der Waals surface area contributed by atoms with Crippen LogP contribution in [0.2, 0.25) is 5.02 Å². The minimum atomic E-state index is -0.328. The Morgan fingerprint density at radius 1 is 1.19 bits per heavy atom. The van der Waals surface area contributed by atoms with Crippen molar-refractivity contribution >= 4 is 38.9 Å². The molecule has 0 aliphatic carbocycles. The van der Waals surface area contributed by atoms with Gasteiger partial charge in [-0.2, -0.15) is 0 Å². The number of likely N-dealkylation sites (tertiary alicyclic amines) is 1. The highest BCUT2D eigenvalue weighted by atomic mass is 35.5. The summed E-state index contributed by atoms with van der Waals surface area (Å²) in [4.78, 5) is 15.6. The third-order valence-electron chi connectivity index (χ3n) is 5.02. The summed E-state index contributed by atoms with van der Waals surface area (Å²) in [6.07, 6.45) is 2.37. The van der Waals surface area contributed by atoms with E-state index in [0.717, 1.165) is 13.1 Å². The van der Waals surface area contributed by atoms with Crippen LogP contribution in [0.3, 0.4) is 0 Å². The Bertz CT molecular complexity index is 953. The van der Waals surface area contributed by atoms with Gasteiger partial charge < -0.3 is 5.32 Å². The normalized spacial score (nSPS) is 15.9.